The number of hydrogen-bond acceptors (Lipinski definition) is 2. The fraction of sp³-hybridized carbons (Fsp3) is 0.364. The van der Waals surface area contributed by atoms with Gasteiger partial charge in [0.2, 0.25) is 6.10 Å². The van der Waals surface area contributed by atoms with E-state index in [1.54, 1.807) is 0 Å². The predicted molar refractivity (Wildman–Crippen MR) is 63.0 cm³/mol. The number of benzene rings is 1. The Kier molecular flexibility index (Phi) is 5.16. The summed E-state index contributed by atoms with van der Waals surface area (Å²) in [6, 6.07) is 2.67. The molecule has 0 spiro atoms. The average Bonchev–Trinajstić information content (AvgIpc) is 2.24. The Morgan fingerprint density at radius 3 is 2.10 bits per heavy atom. The van der Waals surface area contributed by atoms with Crippen LogP contribution in [0.25, 0.3) is 0 Å². The number of halogens is 7. The molecule has 0 aromatic heterocycles. The van der Waals surface area contributed by atoms with Gasteiger partial charge in [-0.25, -0.2) is 4.39 Å². The van der Waals surface area contributed by atoms with Crippen molar-refractivity contribution in [2.45, 2.75) is 25.1 Å². The Hall–Kier alpha value is -1.42. The molecule has 0 aliphatic rings. The van der Waals surface area contributed by atoms with Crippen LogP contribution in [0.4, 0.5) is 30.7 Å². The van der Waals surface area contributed by atoms with Gasteiger partial charge in [-0.15, -0.1) is 0 Å². The maximum Gasteiger partial charge on any atom is 0.423 e. The molecule has 0 aliphatic heterocycles. The van der Waals surface area contributed by atoms with Crippen molar-refractivity contribution in [1.29, 1.82) is 0 Å². The van der Waals surface area contributed by atoms with Gasteiger partial charge < -0.3 is 10.5 Å². The molecular weight excluding hydrogens is 327 g/mol. The van der Waals surface area contributed by atoms with Crippen molar-refractivity contribution in [3.63, 3.8) is 0 Å². The largest absolute Gasteiger partial charge is 0.423 e. The molecule has 2 N–H and O–H groups in total. The normalized spacial score (nSPS) is 12.8. The summed E-state index contributed by atoms with van der Waals surface area (Å²) in [7, 11) is 0. The molecule has 2 nitrogen and oxygen atoms in total. The van der Waals surface area contributed by atoms with Gasteiger partial charge in [0.1, 0.15) is 10.8 Å². The molecule has 0 radical (unpaired) electrons. The van der Waals surface area contributed by atoms with E-state index in [2.05, 4.69) is 17.0 Å². The minimum Gasteiger partial charge on any atom is -0.389 e. The van der Waals surface area contributed by atoms with Crippen LogP contribution < -0.4 is 5.73 Å². The number of ether oxygens (including phenoxy) is 1. The summed E-state index contributed by atoms with van der Waals surface area (Å²) in [5.41, 5.74) is 4.89. The van der Waals surface area contributed by atoms with Crippen molar-refractivity contribution >= 4 is 17.2 Å². The van der Waals surface area contributed by atoms with E-state index in [1.165, 1.54) is 0 Å². The van der Waals surface area contributed by atoms with Crippen LogP contribution in [0, 0.1) is 5.82 Å². The monoisotopic (exact) mass is 335 g/mol. The molecule has 118 valence electrons. The summed E-state index contributed by atoms with van der Waals surface area (Å²) in [5.74, 6) is -0.871. The number of alkyl halides is 6. The van der Waals surface area contributed by atoms with Gasteiger partial charge in [0.05, 0.1) is 6.61 Å². The summed E-state index contributed by atoms with van der Waals surface area (Å²) >= 11 is 4.57. The van der Waals surface area contributed by atoms with Gasteiger partial charge in [-0.05, 0) is 23.8 Å². The Morgan fingerprint density at radius 1 is 1.14 bits per heavy atom. The number of nitrogens with two attached hydrogens (primary N) is 1. The highest BCUT2D eigenvalue weighted by molar-refractivity contribution is 7.80. The van der Waals surface area contributed by atoms with Crippen LogP contribution in [0.1, 0.15) is 11.1 Å². The summed E-state index contributed by atoms with van der Waals surface area (Å²) in [4.78, 5) is -0.302. The second-order valence-electron chi connectivity index (χ2n) is 3.94. The van der Waals surface area contributed by atoms with Crippen LogP contribution in [-0.4, -0.2) is 23.4 Å². The van der Waals surface area contributed by atoms with Gasteiger partial charge in [0.25, 0.3) is 0 Å². The quantitative estimate of drug-likeness (QED) is 0.676. The topological polar surface area (TPSA) is 35.2 Å². The summed E-state index contributed by atoms with van der Waals surface area (Å²) in [6.07, 6.45) is -15.3. The first-order valence-corrected chi connectivity index (χ1v) is 5.67. The lowest BCUT2D eigenvalue weighted by Gasteiger charge is -2.23. The third kappa shape index (κ3) is 4.81. The fourth-order valence-electron chi connectivity index (χ4n) is 1.47. The standard InChI is InChI=1S/C11H8F7NOS/c12-6-1-2-7(8(19)21)5(3-6)4-20-9(10(13,14)15)11(16,17)18/h1-3,9H,4H2,(H2,19,21). The van der Waals surface area contributed by atoms with Gasteiger partial charge in [0, 0.05) is 5.56 Å². The van der Waals surface area contributed by atoms with Gasteiger partial charge >= 0.3 is 12.4 Å². The zero-order valence-electron chi connectivity index (χ0n) is 10.1. The van der Waals surface area contributed by atoms with Crippen molar-refractivity contribution in [2.24, 2.45) is 5.73 Å². The first-order chi connectivity index (χ1) is 9.43. The van der Waals surface area contributed by atoms with Crippen molar-refractivity contribution in [3.05, 3.63) is 35.1 Å². The molecule has 1 aromatic carbocycles. The Morgan fingerprint density at radius 2 is 1.67 bits per heavy atom. The van der Waals surface area contributed by atoms with E-state index >= 15 is 0 Å². The highest BCUT2D eigenvalue weighted by atomic mass is 32.1. The molecule has 0 bridgehead atoms. The van der Waals surface area contributed by atoms with E-state index in [9.17, 15) is 30.7 Å². The Bertz CT molecular complexity index is 512. The first kappa shape index (κ1) is 17.6. The molecule has 0 amide bonds. The molecular formula is C11H8F7NOS. The second kappa shape index (κ2) is 6.14. The van der Waals surface area contributed by atoms with Crippen molar-refractivity contribution in [3.8, 4) is 0 Å². The van der Waals surface area contributed by atoms with Gasteiger partial charge in [-0.1, -0.05) is 12.2 Å². The fourth-order valence-corrected chi connectivity index (χ4v) is 1.67. The molecule has 0 fully saturated rings. The lowest BCUT2D eigenvalue weighted by atomic mass is 10.1. The van der Waals surface area contributed by atoms with Crippen molar-refractivity contribution < 1.29 is 35.5 Å². The van der Waals surface area contributed by atoms with Crippen LogP contribution in [0.3, 0.4) is 0 Å². The molecule has 0 unspecified atom stereocenters. The number of rotatable bonds is 4. The van der Waals surface area contributed by atoms with Crippen LogP contribution in [0.15, 0.2) is 18.2 Å². The molecule has 1 rings (SSSR count). The third-order valence-electron chi connectivity index (χ3n) is 2.33. The minimum absolute atomic E-state index is 0.0606. The predicted octanol–water partition coefficient (Wildman–Crippen LogP) is 3.47. The maximum absolute atomic E-state index is 13.0. The van der Waals surface area contributed by atoms with Gasteiger partial charge in [-0.2, -0.15) is 26.3 Å². The SMILES string of the molecule is NC(=S)c1ccc(F)cc1COC(C(F)(F)F)C(F)(F)F. The zero-order valence-corrected chi connectivity index (χ0v) is 10.9. The van der Waals surface area contributed by atoms with E-state index in [0.29, 0.717) is 6.07 Å². The molecule has 0 heterocycles. The van der Waals surface area contributed by atoms with E-state index < -0.39 is 30.9 Å². The molecule has 0 saturated carbocycles. The van der Waals surface area contributed by atoms with E-state index in [-0.39, 0.29) is 16.1 Å². The smallest absolute Gasteiger partial charge is 0.389 e. The van der Waals surface area contributed by atoms with Crippen LogP contribution in [0.2, 0.25) is 0 Å². The summed E-state index contributed by atoms with van der Waals surface area (Å²) < 4.78 is 90.6. The Labute approximate surface area is 119 Å². The molecule has 0 saturated heterocycles. The number of thiocarbonyl (C=S) groups is 1. The molecule has 10 heteroatoms. The molecule has 1 aromatic rings. The van der Waals surface area contributed by atoms with Crippen LogP contribution in [-0.2, 0) is 11.3 Å². The first-order valence-electron chi connectivity index (χ1n) is 5.26. The minimum atomic E-state index is -5.64. The molecule has 0 atom stereocenters. The van der Waals surface area contributed by atoms with Crippen LogP contribution in [0.5, 0.6) is 0 Å². The van der Waals surface area contributed by atoms with E-state index in [1.807, 2.05) is 0 Å². The van der Waals surface area contributed by atoms with Gasteiger partial charge in [-0.3, -0.25) is 0 Å². The lowest BCUT2D eigenvalue weighted by Crippen LogP contribution is -2.44. The highest BCUT2D eigenvalue weighted by Crippen LogP contribution is 2.36. The van der Waals surface area contributed by atoms with E-state index in [4.69, 9.17) is 5.73 Å². The van der Waals surface area contributed by atoms with Crippen molar-refractivity contribution in [2.75, 3.05) is 0 Å². The van der Waals surface area contributed by atoms with Gasteiger partial charge in [0.15, 0.2) is 0 Å². The zero-order chi connectivity index (χ0) is 16.4. The Balaban J connectivity index is 3.01. The third-order valence-corrected chi connectivity index (χ3v) is 2.55. The van der Waals surface area contributed by atoms with E-state index in [0.717, 1.165) is 12.1 Å². The van der Waals surface area contributed by atoms with Crippen LogP contribution >= 0.6 is 12.2 Å². The summed E-state index contributed by atoms with van der Waals surface area (Å²) in [5, 5.41) is 0. The highest BCUT2D eigenvalue weighted by Gasteiger charge is 2.58. The maximum atomic E-state index is 13.0. The molecule has 21 heavy (non-hydrogen) atoms. The second-order valence-corrected chi connectivity index (χ2v) is 4.38. The van der Waals surface area contributed by atoms with Crippen molar-refractivity contribution in [1.82, 2.24) is 0 Å². The average molecular weight is 335 g/mol. The molecule has 0 aliphatic carbocycles. The number of hydrogen-bond donors (Lipinski definition) is 1. The lowest BCUT2D eigenvalue weighted by molar-refractivity contribution is -0.324. The summed E-state index contributed by atoms with van der Waals surface area (Å²) in [6.45, 7) is -1.14.